The number of aromatic nitrogens is 3. The average Bonchev–Trinajstić information content (AvgIpc) is 3.41. The zero-order valence-corrected chi connectivity index (χ0v) is 19.2. The molecule has 2 aliphatic heterocycles. The number of hydrogen-bond acceptors (Lipinski definition) is 4. The molecular formula is C26H31N5O2. The van der Waals surface area contributed by atoms with E-state index in [1.54, 1.807) is 4.68 Å². The van der Waals surface area contributed by atoms with E-state index < -0.39 is 0 Å². The highest BCUT2D eigenvalue weighted by Crippen LogP contribution is 2.29. The number of fused-ring (bicyclic) bond motifs is 1. The van der Waals surface area contributed by atoms with Gasteiger partial charge in [-0.15, -0.1) is 0 Å². The minimum atomic E-state index is -0.0401. The molecule has 0 radical (unpaired) electrons. The van der Waals surface area contributed by atoms with Crippen LogP contribution in [0.25, 0.3) is 0 Å². The van der Waals surface area contributed by atoms with Gasteiger partial charge < -0.3 is 4.90 Å². The van der Waals surface area contributed by atoms with Crippen LogP contribution in [0.1, 0.15) is 42.6 Å². The van der Waals surface area contributed by atoms with Gasteiger partial charge in [-0.05, 0) is 56.5 Å². The largest absolute Gasteiger partial charge is 0.346 e. The van der Waals surface area contributed by atoms with Gasteiger partial charge in [0.25, 0.3) is 0 Å². The monoisotopic (exact) mass is 445 g/mol. The molecular weight excluding hydrogens is 414 g/mol. The molecule has 3 heterocycles. The maximum Gasteiger partial charge on any atom is 0.346 e. The van der Waals surface area contributed by atoms with Crippen LogP contribution in [0.15, 0.2) is 59.4 Å². The fourth-order valence-corrected chi connectivity index (χ4v) is 5.14. The summed E-state index contributed by atoms with van der Waals surface area (Å²) in [5, 5.41) is 4.75. The molecule has 0 spiro atoms. The first-order valence-electron chi connectivity index (χ1n) is 12.0. The van der Waals surface area contributed by atoms with Crippen LogP contribution in [0.5, 0.6) is 0 Å². The Kier molecular flexibility index (Phi) is 6.13. The third-order valence-electron chi connectivity index (χ3n) is 6.94. The molecule has 1 saturated heterocycles. The van der Waals surface area contributed by atoms with E-state index in [0.717, 1.165) is 56.0 Å². The molecule has 5 rings (SSSR count). The van der Waals surface area contributed by atoms with E-state index in [4.69, 9.17) is 5.10 Å². The molecule has 33 heavy (non-hydrogen) atoms. The Bertz CT molecular complexity index is 1170. The molecule has 1 amide bonds. The van der Waals surface area contributed by atoms with Crippen molar-refractivity contribution in [3.05, 3.63) is 82.0 Å². The van der Waals surface area contributed by atoms with Crippen molar-refractivity contribution in [3.63, 3.8) is 0 Å². The summed E-state index contributed by atoms with van der Waals surface area (Å²) in [6.45, 7) is 6.02. The number of nitrogens with zero attached hydrogens (tertiary/aromatic N) is 5. The second-order valence-corrected chi connectivity index (χ2v) is 9.00. The first kappa shape index (κ1) is 21.6. The van der Waals surface area contributed by atoms with Gasteiger partial charge in [-0.25, -0.2) is 9.48 Å². The number of anilines is 1. The molecule has 0 saturated carbocycles. The Balaban J connectivity index is 1.23. The number of carbonyl (C=O) groups excluding carboxylic acids is 1. The summed E-state index contributed by atoms with van der Waals surface area (Å²) < 4.78 is 3.41. The Morgan fingerprint density at radius 1 is 1.00 bits per heavy atom. The summed E-state index contributed by atoms with van der Waals surface area (Å²) in [6, 6.07) is 18.2. The minimum Gasteiger partial charge on any atom is -0.311 e. The van der Waals surface area contributed by atoms with Crippen LogP contribution in [0.3, 0.4) is 0 Å². The number of hydrogen-bond donors (Lipinski definition) is 0. The van der Waals surface area contributed by atoms with E-state index in [2.05, 4.69) is 11.0 Å². The lowest BCUT2D eigenvalue weighted by Gasteiger charge is -2.32. The summed E-state index contributed by atoms with van der Waals surface area (Å²) >= 11 is 0. The van der Waals surface area contributed by atoms with Gasteiger partial charge in [0.05, 0.1) is 13.1 Å². The van der Waals surface area contributed by atoms with E-state index in [1.165, 1.54) is 5.56 Å². The highest BCUT2D eigenvalue weighted by atomic mass is 16.2. The summed E-state index contributed by atoms with van der Waals surface area (Å²) in [4.78, 5) is 30.1. The highest BCUT2D eigenvalue weighted by Gasteiger charge is 2.30. The lowest BCUT2D eigenvalue weighted by Crippen LogP contribution is -2.43. The highest BCUT2D eigenvalue weighted by molar-refractivity contribution is 5.96. The predicted octanol–water partition coefficient (Wildman–Crippen LogP) is 2.88. The van der Waals surface area contributed by atoms with Crippen molar-refractivity contribution in [2.24, 2.45) is 0 Å². The van der Waals surface area contributed by atoms with Crippen LogP contribution in [-0.4, -0.2) is 51.3 Å². The summed E-state index contributed by atoms with van der Waals surface area (Å²) in [5.41, 5.74) is 3.35. The number of likely N-dealkylation sites (tertiary alicyclic amines) is 1. The average molecular weight is 446 g/mol. The molecule has 7 nitrogen and oxygen atoms in total. The van der Waals surface area contributed by atoms with Gasteiger partial charge in [-0.1, -0.05) is 48.5 Å². The van der Waals surface area contributed by atoms with Crippen LogP contribution in [0.4, 0.5) is 5.69 Å². The molecule has 0 unspecified atom stereocenters. The third kappa shape index (κ3) is 4.37. The van der Waals surface area contributed by atoms with Gasteiger partial charge in [0.15, 0.2) is 0 Å². The van der Waals surface area contributed by atoms with Crippen LogP contribution in [0, 0.1) is 0 Å². The molecule has 3 aromatic rings. The van der Waals surface area contributed by atoms with Gasteiger partial charge in [0.1, 0.15) is 5.82 Å². The molecule has 0 N–H and O–H groups in total. The second-order valence-electron chi connectivity index (χ2n) is 9.00. The van der Waals surface area contributed by atoms with E-state index in [-0.39, 0.29) is 17.5 Å². The Morgan fingerprint density at radius 2 is 1.73 bits per heavy atom. The van der Waals surface area contributed by atoms with Crippen LogP contribution < -0.4 is 10.6 Å². The molecule has 0 bridgehead atoms. The van der Waals surface area contributed by atoms with E-state index >= 15 is 0 Å². The van der Waals surface area contributed by atoms with E-state index in [0.29, 0.717) is 19.6 Å². The summed E-state index contributed by atoms with van der Waals surface area (Å²) in [7, 11) is 0. The topological polar surface area (TPSA) is 63.4 Å². The molecule has 172 valence electrons. The molecule has 2 aliphatic rings. The summed E-state index contributed by atoms with van der Waals surface area (Å²) in [5.74, 6) is 1.31. The number of para-hydroxylation sites is 1. The van der Waals surface area contributed by atoms with E-state index in [1.807, 2.05) is 64.9 Å². The molecule has 1 aromatic heterocycles. The van der Waals surface area contributed by atoms with Crippen LogP contribution in [0.2, 0.25) is 0 Å². The zero-order valence-electron chi connectivity index (χ0n) is 19.2. The lowest BCUT2D eigenvalue weighted by atomic mass is 9.96. The maximum absolute atomic E-state index is 13.0. The smallest absolute Gasteiger partial charge is 0.311 e. The Morgan fingerprint density at radius 3 is 2.48 bits per heavy atom. The van der Waals surface area contributed by atoms with Crippen LogP contribution in [-0.2, 0) is 24.3 Å². The second kappa shape index (κ2) is 9.35. The zero-order chi connectivity index (χ0) is 22.8. The fraction of sp³-hybridized carbons (Fsp3) is 0.423. The quantitative estimate of drug-likeness (QED) is 0.585. The van der Waals surface area contributed by atoms with Gasteiger partial charge in [0, 0.05) is 24.7 Å². The normalized spacial score (nSPS) is 16.8. The van der Waals surface area contributed by atoms with Crippen molar-refractivity contribution in [1.82, 2.24) is 19.2 Å². The van der Waals surface area contributed by atoms with Gasteiger partial charge in [-0.2, -0.15) is 5.10 Å². The number of rotatable bonds is 6. The predicted molar refractivity (Wildman–Crippen MR) is 129 cm³/mol. The van der Waals surface area contributed by atoms with Crippen molar-refractivity contribution in [2.45, 2.75) is 45.2 Å². The van der Waals surface area contributed by atoms with Crippen molar-refractivity contribution in [1.29, 1.82) is 0 Å². The maximum atomic E-state index is 13.0. The molecule has 0 atom stereocenters. The number of carbonyl (C=O) groups is 1. The Labute approximate surface area is 194 Å². The van der Waals surface area contributed by atoms with Gasteiger partial charge in [0.2, 0.25) is 5.91 Å². The summed E-state index contributed by atoms with van der Waals surface area (Å²) in [6.07, 6.45) is 2.75. The first-order chi connectivity index (χ1) is 16.1. The standard InChI is InChI=1S/C26H31N5O2/c1-2-29-25(27-31(26(29)33)18-20-8-4-3-5-9-20)22-12-15-28(16-13-22)19-24(32)30-17-14-21-10-6-7-11-23(21)30/h3-11,22H,2,12-19H2,1H3. The fourth-order valence-electron chi connectivity index (χ4n) is 5.14. The first-order valence-corrected chi connectivity index (χ1v) is 12.0. The molecule has 2 aromatic carbocycles. The molecule has 7 heteroatoms. The number of benzene rings is 2. The minimum absolute atomic E-state index is 0.0401. The number of amides is 1. The lowest BCUT2D eigenvalue weighted by molar-refractivity contribution is -0.119. The SMILES string of the molecule is CCn1c(C2CCN(CC(=O)N3CCc4ccccc43)CC2)nn(Cc2ccccc2)c1=O. The Hall–Kier alpha value is -3.19. The van der Waals surface area contributed by atoms with Gasteiger partial charge in [-0.3, -0.25) is 14.3 Å². The molecule has 0 aliphatic carbocycles. The van der Waals surface area contributed by atoms with E-state index in [9.17, 15) is 9.59 Å². The van der Waals surface area contributed by atoms with Crippen molar-refractivity contribution >= 4 is 11.6 Å². The van der Waals surface area contributed by atoms with Crippen molar-refractivity contribution < 1.29 is 4.79 Å². The van der Waals surface area contributed by atoms with Crippen molar-refractivity contribution in [2.75, 3.05) is 31.1 Å². The van der Waals surface area contributed by atoms with Crippen LogP contribution >= 0.6 is 0 Å². The van der Waals surface area contributed by atoms with Crippen molar-refractivity contribution in [3.8, 4) is 0 Å². The number of piperidine rings is 1. The third-order valence-corrected chi connectivity index (χ3v) is 6.94. The van der Waals surface area contributed by atoms with Gasteiger partial charge >= 0.3 is 5.69 Å². The molecule has 1 fully saturated rings.